The fraction of sp³-hybridized carbons (Fsp3) is 0.444. The van der Waals surface area contributed by atoms with Gasteiger partial charge in [0, 0.05) is 50.4 Å². The summed E-state index contributed by atoms with van der Waals surface area (Å²) in [6.07, 6.45) is 1.47. The summed E-state index contributed by atoms with van der Waals surface area (Å²) in [7, 11) is 0. The summed E-state index contributed by atoms with van der Waals surface area (Å²) < 4.78 is 3.42. The first-order valence-corrected chi connectivity index (χ1v) is 9.06. The van der Waals surface area contributed by atoms with Gasteiger partial charge >= 0.3 is 5.97 Å². The van der Waals surface area contributed by atoms with E-state index < -0.39 is 5.97 Å². The van der Waals surface area contributed by atoms with Gasteiger partial charge in [0.05, 0.1) is 23.5 Å². The van der Waals surface area contributed by atoms with Crippen molar-refractivity contribution in [2.45, 2.75) is 45.8 Å². The van der Waals surface area contributed by atoms with Gasteiger partial charge in [-0.2, -0.15) is 5.10 Å². The Morgan fingerprint density at radius 1 is 1.26 bits per heavy atom. The third kappa shape index (κ3) is 3.77. The molecule has 142 valence electrons. The number of aliphatic carboxylic acids is 1. The van der Waals surface area contributed by atoms with Crippen molar-refractivity contribution < 1.29 is 9.90 Å². The van der Waals surface area contributed by atoms with Gasteiger partial charge in [0.15, 0.2) is 5.65 Å². The molecular weight excluding hydrogens is 348 g/mol. The van der Waals surface area contributed by atoms with Crippen molar-refractivity contribution in [3.8, 4) is 0 Å². The number of carboxylic acid groups (broad SMARTS) is 1. The van der Waals surface area contributed by atoms with Crippen LogP contribution in [0.5, 0.6) is 0 Å². The molecule has 9 nitrogen and oxygen atoms in total. The molecule has 0 aromatic carbocycles. The zero-order valence-electron chi connectivity index (χ0n) is 15.2. The van der Waals surface area contributed by atoms with E-state index in [1.54, 1.807) is 6.07 Å². The quantitative estimate of drug-likeness (QED) is 0.692. The van der Waals surface area contributed by atoms with Gasteiger partial charge in [-0.3, -0.25) is 24.3 Å². The Labute approximate surface area is 155 Å². The summed E-state index contributed by atoms with van der Waals surface area (Å²) in [4.78, 5) is 29.9. The Morgan fingerprint density at radius 3 is 2.93 bits per heavy atom. The maximum Gasteiger partial charge on any atom is 0.303 e. The van der Waals surface area contributed by atoms with Crippen LogP contribution in [-0.4, -0.2) is 46.9 Å². The lowest BCUT2D eigenvalue weighted by Gasteiger charge is -2.18. The summed E-state index contributed by atoms with van der Waals surface area (Å²) in [6, 6.07) is 5.42. The van der Waals surface area contributed by atoms with E-state index in [1.165, 1.54) is 4.52 Å². The summed E-state index contributed by atoms with van der Waals surface area (Å²) in [6.45, 7) is 4.89. The van der Waals surface area contributed by atoms with Crippen LogP contribution in [0.4, 0.5) is 0 Å². The zero-order valence-corrected chi connectivity index (χ0v) is 15.2. The van der Waals surface area contributed by atoms with Crippen molar-refractivity contribution in [3.63, 3.8) is 0 Å². The highest BCUT2D eigenvalue weighted by Crippen LogP contribution is 2.16. The number of nitrogens with zero attached hydrogens (tertiary/aromatic N) is 5. The Kier molecular flexibility index (Phi) is 4.53. The first-order chi connectivity index (χ1) is 13.0. The summed E-state index contributed by atoms with van der Waals surface area (Å²) in [5.41, 5.74) is 4.05. The van der Waals surface area contributed by atoms with Crippen molar-refractivity contribution in [1.82, 2.24) is 29.3 Å². The lowest BCUT2D eigenvalue weighted by Crippen LogP contribution is -2.25. The number of fused-ring (bicyclic) bond motifs is 2. The van der Waals surface area contributed by atoms with E-state index in [0.717, 1.165) is 42.3 Å². The second kappa shape index (κ2) is 6.99. The van der Waals surface area contributed by atoms with Crippen LogP contribution < -0.4 is 5.56 Å². The Hall–Kier alpha value is -2.94. The predicted octanol–water partition coefficient (Wildman–Crippen LogP) is 0.951. The maximum absolute atomic E-state index is 12.3. The number of aryl methyl sites for hydroxylation is 3. The van der Waals surface area contributed by atoms with E-state index in [9.17, 15) is 9.59 Å². The van der Waals surface area contributed by atoms with Gasteiger partial charge in [0.2, 0.25) is 0 Å². The average Bonchev–Trinajstić information content (AvgIpc) is 3.11. The number of rotatable bonds is 5. The fourth-order valence-corrected chi connectivity index (χ4v) is 3.55. The van der Waals surface area contributed by atoms with E-state index in [2.05, 4.69) is 20.1 Å². The molecule has 0 bridgehead atoms. The summed E-state index contributed by atoms with van der Waals surface area (Å²) in [5, 5.41) is 16.4. The van der Waals surface area contributed by atoms with Crippen LogP contribution in [0.1, 0.15) is 35.6 Å². The first kappa shape index (κ1) is 17.5. The van der Waals surface area contributed by atoms with Gasteiger partial charge in [-0.05, 0) is 19.4 Å². The van der Waals surface area contributed by atoms with Gasteiger partial charge in [-0.25, -0.2) is 9.50 Å². The molecule has 0 atom stereocenters. The third-order valence-corrected chi connectivity index (χ3v) is 4.76. The van der Waals surface area contributed by atoms with Crippen LogP contribution >= 0.6 is 0 Å². The summed E-state index contributed by atoms with van der Waals surface area (Å²) in [5.74, 6) is -0.812. The Balaban J connectivity index is 1.52. The molecule has 0 amide bonds. The number of carbonyl (C=O) groups is 1. The molecule has 0 saturated heterocycles. The number of aromatic amines is 1. The van der Waals surface area contributed by atoms with Crippen LogP contribution in [0.2, 0.25) is 0 Å². The lowest BCUT2D eigenvalue weighted by atomic mass is 10.2. The number of carboxylic acids is 1. The van der Waals surface area contributed by atoms with Crippen molar-refractivity contribution in [3.05, 3.63) is 51.3 Å². The number of hydrogen-bond acceptors (Lipinski definition) is 5. The SMILES string of the molecule is Cc1cc2nc(CN3CCCn4nc(CCC(=O)O)cc4C3)cc(=O)n2[nH]1. The minimum Gasteiger partial charge on any atom is -0.481 e. The summed E-state index contributed by atoms with van der Waals surface area (Å²) >= 11 is 0. The minimum atomic E-state index is -0.812. The zero-order chi connectivity index (χ0) is 19.0. The van der Waals surface area contributed by atoms with Crippen LogP contribution in [0, 0.1) is 6.92 Å². The first-order valence-electron chi connectivity index (χ1n) is 9.06. The van der Waals surface area contributed by atoms with Crippen molar-refractivity contribution in [2.24, 2.45) is 0 Å². The second-order valence-corrected chi connectivity index (χ2v) is 7.03. The molecule has 2 N–H and O–H groups in total. The molecular formula is C18H22N6O3. The molecule has 4 heterocycles. The van der Waals surface area contributed by atoms with E-state index in [1.807, 2.05) is 23.7 Å². The number of nitrogens with one attached hydrogen (secondary N) is 1. The highest BCUT2D eigenvalue weighted by molar-refractivity contribution is 5.66. The molecule has 0 radical (unpaired) electrons. The molecule has 1 aliphatic heterocycles. The monoisotopic (exact) mass is 370 g/mol. The second-order valence-electron chi connectivity index (χ2n) is 7.03. The van der Waals surface area contributed by atoms with Crippen molar-refractivity contribution >= 4 is 11.6 Å². The van der Waals surface area contributed by atoms with E-state index in [4.69, 9.17) is 5.11 Å². The molecule has 0 spiro atoms. The van der Waals surface area contributed by atoms with Gasteiger partial charge in [0.25, 0.3) is 5.56 Å². The molecule has 9 heteroatoms. The molecule has 4 rings (SSSR count). The topological polar surface area (TPSA) is 109 Å². The number of aromatic nitrogens is 5. The van der Waals surface area contributed by atoms with E-state index >= 15 is 0 Å². The third-order valence-electron chi connectivity index (χ3n) is 4.76. The molecule has 0 fully saturated rings. The Bertz CT molecular complexity index is 1050. The van der Waals surface area contributed by atoms with Gasteiger partial charge in [-0.15, -0.1) is 0 Å². The predicted molar refractivity (Wildman–Crippen MR) is 97.5 cm³/mol. The fourth-order valence-electron chi connectivity index (χ4n) is 3.55. The molecule has 0 unspecified atom stereocenters. The normalized spacial score (nSPS) is 15.0. The molecule has 1 aliphatic rings. The van der Waals surface area contributed by atoms with Crippen LogP contribution in [-0.2, 0) is 30.8 Å². The smallest absolute Gasteiger partial charge is 0.303 e. The van der Waals surface area contributed by atoms with Crippen LogP contribution in [0.15, 0.2) is 23.0 Å². The average molecular weight is 370 g/mol. The van der Waals surface area contributed by atoms with E-state index in [-0.39, 0.29) is 12.0 Å². The molecule has 27 heavy (non-hydrogen) atoms. The number of hydrogen-bond donors (Lipinski definition) is 2. The van der Waals surface area contributed by atoms with Gasteiger partial charge in [0.1, 0.15) is 0 Å². The van der Waals surface area contributed by atoms with Gasteiger partial charge in [-0.1, -0.05) is 0 Å². The molecule has 3 aromatic heterocycles. The molecule has 0 aliphatic carbocycles. The van der Waals surface area contributed by atoms with Crippen LogP contribution in [0.25, 0.3) is 5.65 Å². The standard InChI is InChI=1S/C18H22N6O3/c1-12-7-16-19-14(9-17(25)24(16)20-12)10-22-5-2-6-23-15(11-22)8-13(21-23)3-4-18(26)27/h7-9,20H,2-6,10-11H2,1H3,(H,26,27). The highest BCUT2D eigenvalue weighted by atomic mass is 16.4. The number of H-pyrrole nitrogens is 1. The Morgan fingerprint density at radius 2 is 2.11 bits per heavy atom. The largest absolute Gasteiger partial charge is 0.481 e. The molecule has 0 saturated carbocycles. The highest BCUT2D eigenvalue weighted by Gasteiger charge is 2.18. The van der Waals surface area contributed by atoms with Crippen molar-refractivity contribution in [1.29, 1.82) is 0 Å². The minimum absolute atomic E-state index is 0.0874. The molecule has 3 aromatic rings. The van der Waals surface area contributed by atoms with E-state index in [0.29, 0.717) is 25.2 Å². The van der Waals surface area contributed by atoms with Crippen molar-refractivity contribution in [2.75, 3.05) is 6.54 Å². The van der Waals surface area contributed by atoms with Crippen LogP contribution in [0.3, 0.4) is 0 Å². The lowest BCUT2D eigenvalue weighted by molar-refractivity contribution is -0.136. The maximum atomic E-state index is 12.3. The van der Waals surface area contributed by atoms with Gasteiger partial charge < -0.3 is 5.11 Å².